The van der Waals surface area contributed by atoms with E-state index in [1.807, 2.05) is 6.92 Å². The van der Waals surface area contributed by atoms with E-state index in [0.717, 1.165) is 18.7 Å². The standard InChI is InChI=1S/C12H12F2N4O2/c1-2-15-5-7-6-16-12(17-7)10-8(13)3-4-9(11(10)14)18(19)20/h3-4,6,15H,2,5H2,1H3,(H,16,17). The van der Waals surface area contributed by atoms with Gasteiger partial charge in [-0.2, -0.15) is 4.39 Å². The van der Waals surface area contributed by atoms with Crippen molar-refractivity contribution in [1.82, 2.24) is 15.3 Å². The first-order valence-electron chi connectivity index (χ1n) is 5.92. The van der Waals surface area contributed by atoms with Gasteiger partial charge in [0.2, 0.25) is 5.82 Å². The maximum Gasteiger partial charge on any atom is 0.305 e. The van der Waals surface area contributed by atoms with Gasteiger partial charge in [-0.15, -0.1) is 0 Å². The molecule has 0 unspecified atom stereocenters. The molecule has 0 fully saturated rings. The average molecular weight is 282 g/mol. The number of rotatable bonds is 5. The minimum absolute atomic E-state index is 0.0726. The number of nitro groups is 1. The van der Waals surface area contributed by atoms with Gasteiger partial charge in [-0.1, -0.05) is 6.92 Å². The summed E-state index contributed by atoms with van der Waals surface area (Å²) in [7, 11) is 0. The molecule has 0 aliphatic rings. The minimum atomic E-state index is -1.24. The van der Waals surface area contributed by atoms with Gasteiger partial charge in [0, 0.05) is 24.5 Å². The smallest absolute Gasteiger partial charge is 0.305 e. The lowest BCUT2D eigenvalue weighted by atomic mass is 10.1. The van der Waals surface area contributed by atoms with Crippen molar-refractivity contribution in [2.45, 2.75) is 13.5 Å². The Kier molecular flexibility index (Phi) is 4.04. The molecular formula is C12H12F2N4O2. The average Bonchev–Trinajstić information content (AvgIpc) is 2.84. The number of hydrogen-bond acceptors (Lipinski definition) is 4. The molecule has 8 heteroatoms. The molecule has 0 bridgehead atoms. The molecular weight excluding hydrogens is 270 g/mol. The molecule has 20 heavy (non-hydrogen) atoms. The Bertz CT molecular complexity index is 642. The van der Waals surface area contributed by atoms with E-state index in [-0.39, 0.29) is 5.82 Å². The molecule has 0 saturated heterocycles. The fourth-order valence-electron chi connectivity index (χ4n) is 1.74. The predicted octanol–water partition coefficient (Wildman–Crippen LogP) is 2.37. The number of nitrogens with zero attached hydrogens (tertiary/aromatic N) is 2. The van der Waals surface area contributed by atoms with E-state index in [1.165, 1.54) is 6.20 Å². The van der Waals surface area contributed by atoms with Crippen molar-refractivity contribution in [3.05, 3.63) is 45.8 Å². The fraction of sp³-hybridized carbons (Fsp3) is 0.250. The van der Waals surface area contributed by atoms with Crippen LogP contribution in [-0.4, -0.2) is 21.4 Å². The minimum Gasteiger partial charge on any atom is -0.341 e. The Balaban J connectivity index is 2.44. The maximum absolute atomic E-state index is 14.0. The van der Waals surface area contributed by atoms with Crippen LogP contribution < -0.4 is 5.32 Å². The van der Waals surface area contributed by atoms with Crippen LogP contribution >= 0.6 is 0 Å². The second-order valence-electron chi connectivity index (χ2n) is 4.05. The third-order valence-electron chi connectivity index (χ3n) is 2.70. The topological polar surface area (TPSA) is 83.8 Å². The van der Waals surface area contributed by atoms with Crippen LogP contribution in [0.25, 0.3) is 11.4 Å². The Morgan fingerprint density at radius 3 is 2.85 bits per heavy atom. The molecule has 1 aromatic heterocycles. The molecule has 2 N–H and O–H groups in total. The molecule has 0 amide bonds. The first-order valence-corrected chi connectivity index (χ1v) is 5.92. The van der Waals surface area contributed by atoms with E-state index >= 15 is 0 Å². The van der Waals surface area contributed by atoms with Crippen LogP contribution in [0.3, 0.4) is 0 Å². The highest BCUT2D eigenvalue weighted by Gasteiger charge is 2.24. The molecule has 0 saturated carbocycles. The van der Waals surface area contributed by atoms with Gasteiger partial charge in [-0.05, 0) is 12.6 Å². The second kappa shape index (κ2) is 5.74. The van der Waals surface area contributed by atoms with E-state index in [2.05, 4.69) is 15.3 Å². The molecule has 2 aromatic rings. The molecule has 0 radical (unpaired) electrons. The lowest BCUT2D eigenvalue weighted by molar-refractivity contribution is -0.387. The van der Waals surface area contributed by atoms with Crippen LogP contribution in [0.4, 0.5) is 14.5 Å². The van der Waals surface area contributed by atoms with Crippen molar-refractivity contribution in [3.63, 3.8) is 0 Å². The zero-order valence-corrected chi connectivity index (χ0v) is 10.6. The monoisotopic (exact) mass is 282 g/mol. The quantitative estimate of drug-likeness (QED) is 0.651. The van der Waals surface area contributed by atoms with Crippen molar-refractivity contribution in [2.75, 3.05) is 6.54 Å². The van der Waals surface area contributed by atoms with Crippen molar-refractivity contribution in [2.24, 2.45) is 0 Å². The van der Waals surface area contributed by atoms with E-state index < -0.39 is 27.8 Å². The summed E-state index contributed by atoms with van der Waals surface area (Å²) in [5.74, 6) is -2.21. The molecule has 106 valence electrons. The Hall–Kier alpha value is -2.35. The van der Waals surface area contributed by atoms with E-state index in [9.17, 15) is 18.9 Å². The van der Waals surface area contributed by atoms with Crippen LogP contribution in [0.15, 0.2) is 18.3 Å². The van der Waals surface area contributed by atoms with Gasteiger partial charge in [0.1, 0.15) is 11.6 Å². The van der Waals surface area contributed by atoms with Gasteiger partial charge in [0.05, 0.1) is 10.5 Å². The van der Waals surface area contributed by atoms with E-state index in [0.29, 0.717) is 12.2 Å². The number of nitrogens with one attached hydrogen (secondary N) is 2. The SMILES string of the molecule is CCNCc1cnc(-c2c(F)ccc([N+](=O)[O-])c2F)[nH]1. The largest absolute Gasteiger partial charge is 0.341 e. The fourth-order valence-corrected chi connectivity index (χ4v) is 1.74. The maximum atomic E-state index is 14.0. The summed E-state index contributed by atoms with van der Waals surface area (Å²) < 4.78 is 27.7. The van der Waals surface area contributed by atoms with Gasteiger partial charge >= 0.3 is 5.69 Å². The number of aromatic nitrogens is 2. The zero-order valence-electron chi connectivity index (χ0n) is 10.6. The van der Waals surface area contributed by atoms with Crippen LogP contribution in [0.5, 0.6) is 0 Å². The normalized spacial score (nSPS) is 10.8. The summed E-state index contributed by atoms with van der Waals surface area (Å²) in [5, 5.41) is 13.7. The molecule has 0 atom stereocenters. The predicted molar refractivity (Wildman–Crippen MR) is 68.0 cm³/mol. The number of halogens is 2. The number of benzene rings is 1. The summed E-state index contributed by atoms with van der Waals surface area (Å²) in [6.45, 7) is 3.10. The molecule has 1 heterocycles. The van der Waals surface area contributed by atoms with Gasteiger partial charge < -0.3 is 10.3 Å². The molecule has 1 aromatic carbocycles. The second-order valence-corrected chi connectivity index (χ2v) is 4.05. The molecule has 0 aliphatic heterocycles. The van der Waals surface area contributed by atoms with Crippen molar-refractivity contribution in [3.8, 4) is 11.4 Å². The Morgan fingerprint density at radius 2 is 2.20 bits per heavy atom. The third-order valence-corrected chi connectivity index (χ3v) is 2.70. The first-order chi connectivity index (χ1) is 9.54. The van der Waals surface area contributed by atoms with Gasteiger partial charge in [-0.3, -0.25) is 10.1 Å². The highest BCUT2D eigenvalue weighted by Crippen LogP contribution is 2.29. The molecule has 0 aliphatic carbocycles. The number of imidazole rings is 1. The Morgan fingerprint density at radius 1 is 1.45 bits per heavy atom. The van der Waals surface area contributed by atoms with Crippen molar-refractivity contribution in [1.29, 1.82) is 0 Å². The lowest BCUT2D eigenvalue weighted by Crippen LogP contribution is -2.11. The summed E-state index contributed by atoms with van der Waals surface area (Å²) >= 11 is 0. The number of nitro benzene ring substituents is 1. The first kappa shape index (κ1) is 14.1. The summed E-state index contributed by atoms with van der Waals surface area (Å²) in [5.41, 5.74) is -0.680. The van der Waals surface area contributed by atoms with Crippen molar-refractivity contribution >= 4 is 5.69 Å². The highest BCUT2D eigenvalue weighted by molar-refractivity contribution is 5.61. The Labute approximate surface area is 113 Å². The number of H-pyrrole nitrogens is 1. The lowest BCUT2D eigenvalue weighted by Gasteiger charge is -2.02. The summed E-state index contributed by atoms with van der Waals surface area (Å²) in [4.78, 5) is 16.4. The van der Waals surface area contributed by atoms with Gasteiger partial charge in [-0.25, -0.2) is 9.37 Å². The molecule has 2 rings (SSSR count). The third kappa shape index (κ3) is 2.64. The van der Waals surface area contributed by atoms with Crippen LogP contribution in [-0.2, 0) is 6.54 Å². The van der Waals surface area contributed by atoms with Gasteiger partial charge in [0.15, 0.2) is 0 Å². The number of hydrogen-bond donors (Lipinski definition) is 2. The zero-order chi connectivity index (χ0) is 14.7. The number of aromatic amines is 1. The van der Waals surface area contributed by atoms with E-state index in [1.54, 1.807) is 0 Å². The summed E-state index contributed by atoms with van der Waals surface area (Å²) in [6.07, 6.45) is 1.43. The molecule has 6 nitrogen and oxygen atoms in total. The van der Waals surface area contributed by atoms with Crippen LogP contribution in [0.2, 0.25) is 0 Å². The van der Waals surface area contributed by atoms with Crippen LogP contribution in [0.1, 0.15) is 12.6 Å². The van der Waals surface area contributed by atoms with Crippen LogP contribution in [0, 0.1) is 21.7 Å². The van der Waals surface area contributed by atoms with E-state index in [4.69, 9.17) is 0 Å². The molecule has 0 spiro atoms. The highest BCUT2D eigenvalue weighted by atomic mass is 19.1. The van der Waals surface area contributed by atoms with Crippen molar-refractivity contribution < 1.29 is 13.7 Å². The van der Waals surface area contributed by atoms with Gasteiger partial charge in [0.25, 0.3) is 0 Å². The summed E-state index contributed by atoms with van der Waals surface area (Å²) in [6, 6.07) is 1.64.